The number of carbonyl (C=O) groups excluding carboxylic acids is 2. The number of halogens is 3. The Morgan fingerprint density at radius 2 is 1.91 bits per heavy atom. The molecule has 0 aromatic carbocycles. The summed E-state index contributed by atoms with van der Waals surface area (Å²) >= 11 is 1.34. The number of Topliss-reactive ketones (excluding diaryl/α,β-unsaturated/α-hetero) is 2. The van der Waals surface area contributed by atoms with Crippen LogP contribution in [0, 0.1) is 11.8 Å². The van der Waals surface area contributed by atoms with Gasteiger partial charge in [0, 0.05) is 24.8 Å². The van der Waals surface area contributed by atoms with Crippen LogP contribution in [0.4, 0.5) is 13.2 Å². The number of ketones is 2. The van der Waals surface area contributed by atoms with Gasteiger partial charge < -0.3 is 0 Å². The molecule has 1 aliphatic carbocycles. The first-order valence-corrected chi connectivity index (χ1v) is 7.93. The molecule has 3 nitrogen and oxygen atoms in total. The lowest BCUT2D eigenvalue weighted by Crippen LogP contribution is -2.27. The van der Waals surface area contributed by atoms with Crippen LogP contribution in [0.25, 0.3) is 0 Å². The Kier molecular flexibility index (Phi) is 5.26. The highest BCUT2D eigenvalue weighted by Gasteiger charge is 2.31. The third kappa shape index (κ3) is 4.56. The molecule has 2 rings (SSSR count). The summed E-state index contributed by atoms with van der Waals surface area (Å²) in [6, 6.07) is 2.35. The molecule has 1 aromatic heterocycles. The molecule has 1 aliphatic rings. The van der Waals surface area contributed by atoms with Crippen LogP contribution in [0.1, 0.15) is 31.7 Å². The van der Waals surface area contributed by atoms with Crippen molar-refractivity contribution in [2.24, 2.45) is 11.8 Å². The van der Waals surface area contributed by atoms with Gasteiger partial charge in [0.15, 0.2) is 0 Å². The molecule has 0 amide bonds. The van der Waals surface area contributed by atoms with E-state index in [1.54, 1.807) is 0 Å². The maximum absolute atomic E-state index is 12.4. The van der Waals surface area contributed by atoms with Crippen LogP contribution in [0.5, 0.6) is 0 Å². The first kappa shape index (κ1) is 17.0. The lowest BCUT2D eigenvalue weighted by Gasteiger charge is -2.25. The van der Waals surface area contributed by atoms with E-state index in [0.29, 0.717) is 23.6 Å². The number of thioether (sulfide) groups is 1. The van der Waals surface area contributed by atoms with Gasteiger partial charge in [0.2, 0.25) is 0 Å². The molecular weight excluding hydrogens is 315 g/mol. The summed E-state index contributed by atoms with van der Waals surface area (Å²) < 4.78 is 37.3. The Morgan fingerprint density at radius 1 is 1.27 bits per heavy atom. The Hall–Kier alpha value is -1.37. The predicted molar refractivity (Wildman–Crippen MR) is 76.5 cm³/mol. The first-order valence-electron chi connectivity index (χ1n) is 6.95. The van der Waals surface area contributed by atoms with Gasteiger partial charge in [-0.1, -0.05) is 6.92 Å². The Balaban J connectivity index is 1.89. The monoisotopic (exact) mass is 331 g/mol. The molecule has 0 N–H and O–H groups in total. The minimum atomic E-state index is -4.38. The van der Waals surface area contributed by atoms with Crippen LogP contribution in [0.15, 0.2) is 23.4 Å². The fourth-order valence-corrected chi connectivity index (χ4v) is 3.41. The summed E-state index contributed by atoms with van der Waals surface area (Å²) in [5.74, 6) is 0.721. The van der Waals surface area contributed by atoms with Crippen LogP contribution >= 0.6 is 11.8 Å². The minimum Gasteiger partial charge on any atom is -0.299 e. The first-order chi connectivity index (χ1) is 10.3. The molecule has 1 aromatic rings. The fourth-order valence-electron chi connectivity index (χ4n) is 2.41. The van der Waals surface area contributed by atoms with Crippen LogP contribution in [-0.2, 0) is 15.8 Å². The van der Waals surface area contributed by atoms with Gasteiger partial charge >= 0.3 is 6.18 Å². The van der Waals surface area contributed by atoms with E-state index in [4.69, 9.17) is 0 Å². The van der Waals surface area contributed by atoms with Crippen molar-refractivity contribution >= 4 is 23.3 Å². The Morgan fingerprint density at radius 3 is 2.41 bits per heavy atom. The molecule has 0 radical (unpaired) electrons. The molecule has 7 heteroatoms. The molecule has 22 heavy (non-hydrogen) atoms. The molecule has 1 saturated carbocycles. The molecule has 1 unspecified atom stereocenters. The lowest BCUT2D eigenvalue weighted by atomic mass is 9.80. The highest BCUT2D eigenvalue weighted by molar-refractivity contribution is 7.99. The molecule has 120 valence electrons. The molecular formula is C15H16F3NO2S. The van der Waals surface area contributed by atoms with Gasteiger partial charge in [-0.25, -0.2) is 4.98 Å². The topological polar surface area (TPSA) is 47.0 Å². The van der Waals surface area contributed by atoms with Crippen LogP contribution in [-0.4, -0.2) is 22.3 Å². The summed E-state index contributed by atoms with van der Waals surface area (Å²) in [6.45, 7) is 1.95. The number of pyridine rings is 1. The lowest BCUT2D eigenvalue weighted by molar-refractivity contribution is -0.138. The average molecular weight is 331 g/mol. The predicted octanol–water partition coefficient (Wildman–Crippen LogP) is 3.77. The molecule has 0 bridgehead atoms. The van der Waals surface area contributed by atoms with Gasteiger partial charge in [0.05, 0.1) is 17.0 Å². The number of alkyl halides is 3. The third-order valence-electron chi connectivity index (χ3n) is 3.74. The summed E-state index contributed by atoms with van der Waals surface area (Å²) in [5.41, 5.74) is -0.770. The number of nitrogens with zero attached hydrogens (tertiary/aromatic N) is 1. The van der Waals surface area contributed by atoms with E-state index in [2.05, 4.69) is 4.98 Å². The molecule has 1 atom stereocenters. The second-order valence-corrected chi connectivity index (χ2v) is 6.63. The van der Waals surface area contributed by atoms with Crippen molar-refractivity contribution < 1.29 is 22.8 Å². The number of carbonyl (C=O) groups is 2. The smallest absolute Gasteiger partial charge is 0.299 e. The van der Waals surface area contributed by atoms with Crippen molar-refractivity contribution in [3.63, 3.8) is 0 Å². The van der Waals surface area contributed by atoms with Crippen molar-refractivity contribution in [2.45, 2.75) is 37.4 Å². The van der Waals surface area contributed by atoms with Crippen LogP contribution in [0.3, 0.4) is 0 Å². The summed E-state index contributed by atoms with van der Waals surface area (Å²) in [6.07, 6.45) is -2.70. The zero-order chi connectivity index (χ0) is 16.3. The quantitative estimate of drug-likeness (QED) is 0.622. The molecule has 0 aliphatic heterocycles. The van der Waals surface area contributed by atoms with Crippen molar-refractivity contribution in [3.05, 3.63) is 23.9 Å². The Labute approximate surface area is 130 Å². The number of hydrogen-bond donors (Lipinski definition) is 0. The standard InChI is InChI=1S/C15H16F3NO2S/c1-9(10-4-12(20)6-13(21)5-10)8-22-14-3-2-11(7-19-14)15(16,17)18/h2-3,7,9-10H,4-6,8H2,1H3. The van der Waals surface area contributed by atoms with Gasteiger partial charge in [0.25, 0.3) is 0 Å². The van der Waals surface area contributed by atoms with Gasteiger partial charge in [-0.2, -0.15) is 13.2 Å². The summed E-state index contributed by atoms with van der Waals surface area (Å²) in [7, 11) is 0. The highest BCUT2D eigenvalue weighted by atomic mass is 32.2. The van der Waals surface area contributed by atoms with Gasteiger partial charge in [-0.3, -0.25) is 9.59 Å². The van der Waals surface area contributed by atoms with Crippen LogP contribution in [0.2, 0.25) is 0 Å². The molecule has 0 saturated heterocycles. The van der Waals surface area contributed by atoms with E-state index < -0.39 is 11.7 Å². The third-order valence-corrected chi connectivity index (χ3v) is 4.97. The zero-order valence-electron chi connectivity index (χ0n) is 12.0. The maximum Gasteiger partial charge on any atom is 0.417 e. The number of hydrogen-bond acceptors (Lipinski definition) is 4. The second-order valence-electron chi connectivity index (χ2n) is 5.59. The molecule has 0 spiro atoms. The van der Waals surface area contributed by atoms with Gasteiger partial charge in [0.1, 0.15) is 11.6 Å². The van der Waals surface area contributed by atoms with Crippen LogP contribution < -0.4 is 0 Å². The summed E-state index contributed by atoms with van der Waals surface area (Å²) in [4.78, 5) is 26.7. The number of aromatic nitrogens is 1. The zero-order valence-corrected chi connectivity index (χ0v) is 12.8. The maximum atomic E-state index is 12.4. The number of rotatable bonds is 4. The van der Waals surface area contributed by atoms with Gasteiger partial charge in [-0.05, 0) is 24.0 Å². The largest absolute Gasteiger partial charge is 0.417 e. The second kappa shape index (κ2) is 6.81. The highest BCUT2D eigenvalue weighted by Crippen LogP contribution is 2.32. The van der Waals surface area contributed by atoms with E-state index in [0.717, 1.165) is 12.3 Å². The molecule has 1 heterocycles. The fraction of sp³-hybridized carbons (Fsp3) is 0.533. The van der Waals surface area contributed by atoms with Crippen molar-refractivity contribution in [3.8, 4) is 0 Å². The Bertz CT molecular complexity index is 541. The average Bonchev–Trinajstić information content (AvgIpc) is 2.43. The van der Waals surface area contributed by atoms with E-state index in [1.165, 1.54) is 17.8 Å². The van der Waals surface area contributed by atoms with E-state index in [1.807, 2.05) is 6.92 Å². The molecule has 1 fully saturated rings. The van der Waals surface area contributed by atoms with E-state index in [-0.39, 0.29) is 29.8 Å². The van der Waals surface area contributed by atoms with Crippen molar-refractivity contribution in [1.29, 1.82) is 0 Å². The summed E-state index contributed by atoms with van der Waals surface area (Å²) in [5, 5.41) is 0.508. The van der Waals surface area contributed by atoms with E-state index >= 15 is 0 Å². The minimum absolute atomic E-state index is 0.0224. The normalized spacial score (nSPS) is 18.5. The van der Waals surface area contributed by atoms with Crippen molar-refractivity contribution in [1.82, 2.24) is 4.98 Å². The van der Waals surface area contributed by atoms with Gasteiger partial charge in [-0.15, -0.1) is 11.8 Å². The SMILES string of the molecule is CC(CSc1ccc(C(F)(F)F)cn1)C1CC(=O)CC(=O)C1. The van der Waals surface area contributed by atoms with Crippen molar-refractivity contribution in [2.75, 3.05) is 5.75 Å². The van der Waals surface area contributed by atoms with E-state index in [9.17, 15) is 22.8 Å².